The van der Waals surface area contributed by atoms with Crippen molar-refractivity contribution in [3.05, 3.63) is 61.8 Å². The van der Waals surface area contributed by atoms with Gasteiger partial charge in [-0.1, -0.05) is 12.1 Å². The van der Waals surface area contributed by atoms with Crippen molar-refractivity contribution in [1.29, 1.82) is 0 Å². The molecule has 148 valence electrons. The first-order valence-corrected chi connectivity index (χ1v) is 9.66. The number of anilines is 1. The van der Waals surface area contributed by atoms with Gasteiger partial charge in [-0.25, -0.2) is 14.8 Å². The minimum atomic E-state index is -0.490. The number of benzene rings is 1. The minimum absolute atomic E-state index is 0.100. The molecule has 10 heteroatoms. The molecule has 4 aromatic rings. The summed E-state index contributed by atoms with van der Waals surface area (Å²) in [5, 5.41) is 5.79. The molecular formula is C19H18N6O3S. The van der Waals surface area contributed by atoms with Gasteiger partial charge in [-0.05, 0) is 19.1 Å². The minimum Gasteiger partial charge on any atom is -0.325 e. The fourth-order valence-electron chi connectivity index (χ4n) is 3.09. The van der Waals surface area contributed by atoms with E-state index in [-0.39, 0.29) is 23.6 Å². The standard InChI is InChI=1S/C19H18N6O3S/c1-11-21-14(9-29-11)12-4-6-13(7-5-12)22-15(26)8-25-10-20-17-16(25)18(27)24(3)19(28)23(17)2/h4-7,9-10H,8H2,1-3H3,(H,22,26). The first kappa shape index (κ1) is 18.8. The third-order valence-corrected chi connectivity index (χ3v) is 5.39. The van der Waals surface area contributed by atoms with Gasteiger partial charge in [0.25, 0.3) is 5.56 Å². The summed E-state index contributed by atoms with van der Waals surface area (Å²) in [7, 11) is 2.93. The molecule has 3 heterocycles. The van der Waals surface area contributed by atoms with Crippen LogP contribution in [-0.2, 0) is 25.4 Å². The van der Waals surface area contributed by atoms with Crippen LogP contribution in [-0.4, -0.2) is 29.6 Å². The fraction of sp³-hybridized carbons (Fsp3) is 0.211. The van der Waals surface area contributed by atoms with Gasteiger partial charge in [0.1, 0.15) is 6.54 Å². The van der Waals surface area contributed by atoms with Gasteiger partial charge < -0.3 is 9.88 Å². The van der Waals surface area contributed by atoms with Crippen molar-refractivity contribution in [3.63, 3.8) is 0 Å². The van der Waals surface area contributed by atoms with E-state index < -0.39 is 11.2 Å². The van der Waals surface area contributed by atoms with Crippen LogP contribution in [0.1, 0.15) is 5.01 Å². The van der Waals surface area contributed by atoms with Gasteiger partial charge in [0.2, 0.25) is 5.91 Å². The quantitative estimate of drug-likeness (QED) is 0.549. The van der Waals surface area contributed by atoms with Crippen LogP contribution in [0, 0.1) is 6.92 Å². The van der Waals surface area contributed by atoms with Crippen LogP contribution in [0.3, 0.4) is 0 Å². The number of fused-ring (bicyclic) bond motifs is 1. The Bertz CT molecular complexity index is 1340. The molecule has 0 saturated heterocycles. The second-order valence-electron chi connectivity index (χ2n) is 6.63. The van der Waals surface area contributed by atoms with Crippen LogP contribution in [0.15, 0.2) is 45.6 Å². The number of nitrogens with one attached hydrogen (secondary N) is 1. The molecule has 0 saturated carbocycles. The molecule has 0 aliphatic heterocycles. The Balaban J connectivity index is 1.55. The summed E-state index contributed by atoms with van der Waals surface area (Å²) < 4.78 is 3.72. The molecule has 0 radical (unpaired) electrons. The lowest BCUT2D eigenvalue weighted by Gasteiger charge is -2.08. The van der Waals surface area contributed by atoms with Crippen molar-refractivity contribution in [2.75, 3.05) is 5.32 Å². The third-order valence-electron chi connectivity index (χ3n) is 4.61. The second kappa shape index (κ2) is 7.13. The highest BCUT2D eigenvalue weighted by molar-refractivity contribution is 7.09. The fourth-order valence-corrected chi connectivity index (χ4v) is 3.71. The average molecular weight is 410 g/mol. The summed E-state index contributed by atoms with van der Waals surface area (Å²) in [6, 6.07) is 7.39. The smallest absolute Gasteiger partial charge is 0.325 e. The lowest BCUT2D eigenvalue weighted by Crippen LogP contribution is -2.37. The summed E-state index contributed by atoms with van der Waals surface area (Å²) in [6.45, 7) is 1.85. The predicted octanol–water partition coefficient (Wildman–Crippen LogP) is 1.50. The maximum atomic E-state index is 12.5. The lowest BCUT2D eigenvalue weighted by atomic mass is 10.1. The molecule has 0 fully saturated rings. The number of aryl methyl sites for hydroxylation is 2. The molecule has 0 bridgehead atoms. The van der Waals surface area contributed by atoms with E-state index in [1.807, 2.05) is 24.4 Å². The van der Waals surface area contributed by atoms with Gasteiger partial charge in [0, 0.05) is 30.7 Å². The van der Waals surface area contributed by atoms with E-state index in [2.05, 4.69) is 15.3 Å². The number of imidazole rings is 1. The van der Waals surface area contributed by atoms with E-state index in [1.54, 1.807) is 23.5 Å². The monoisotopic (exact) mass is 410 g/mol. The number of hydrogen-bond acceptors (Lipinski definition) is 6. The molecule has 0 aliphatic rings. The molecule has 0 atom stereocenters. The Morgan fingerprint density at radius 1 is 1.14 bits per heavy atom. The Hall–Kier alpha value is -3.53. The van der Waals surface area contributed by atoms with E-state index in [4.69, 9.17) is 0 Å². The second-order valence-corrected chi connectivity index (χ2v) is 7.69. The van der Waals surface area contributed by atoms with Crippen molar-refractivity contribution in [3.8, 4) is 11.3 Å². The van der Waals surface area contributed by atoms with E-state index >= 15 is 0 Å². The van der Waals surface area contributed by atoms with Gasteiger partial charge in [-0.15, -0.1) is 11.3 Å². The van der Waals surface area contributed by atoms with Crippen LogP contribution >= 0.6 is 11.3 Å². The van der Waals surface area contributed by atoms with E-state index in [0.29, 0.717) is 5.69 Å². The Labute approximate surface area is 168 Å². The highest BCUT2D eigenvalue weighted by atomic mass is 32.1. The van der Waals surface area contributed by atoms with E-state index in [1.165, 1.54) is 29.6 Å². The summed E-state index contributed by atoms with van der Waals surface area (Å²) in [6.07, 6.45) is 1.39. The predicted molar refractivity (Wildman–Crippen MR) is 111 cm³/mol. The zero-order chi connectivity index (χ0) is 20.7. The zero-order valence-corrected chi connectivity index (χ0v) is 16.9. The topological polar surface area (TPSA) is 104 Å². The first-order chi connectivity index (χ1) is 13.8. The molecule has 1 amide bonds. The van der Waals surface area contributed by atoms with Crippen molar-refractivity contribution in [2.24, 2.45) is 14.1 Å². The van der Waals surface area contributed by atoms with E-state index in [0.717, 1.165) is 20.8 Å². The molecular weight excluding hydrogens is 392 g/mol. The van der Waals surface area contributed by atoms with Crippen molar-refractivity contribution >= 4 is 34.1 Å². The van der Waals surface area contributed by atoms with Gasteiger partial charge in [-0.3, -0.25) is 18.7 Å². The molecule has 0 aliphatic carbocycles. The van der Waals surface area contributed by atoms with Gasteiger partial charge in [-0.2, -0.15) is 0 Å². The highest BCUT2D eigenvalue weighted by Crippen LogP contribution is 2.23. The number of aromatic nitrogens is 5. The molecule has 1 aromatic carbocycles. The Morgan fingerprint density at radius 3 is 2.52 bits per heavy atom. The Morgan fingerprint density at radius 2 is 1.86 bits per heavy atom. The molecule has 0 spiro atoms. The largest absolute Gasteiger partial charge is 0.332 e. The normalized spacial score (nSPS) is 11.1. The molecule has 1 N–H and O–H groups in total. The number of thiazole rings is 1. The van der Waals surface area contributed by atoms with Crippen molar-refractivity contribution < 1.29 is 4.79 Å². The van der Waals surface area contributed by atoms with Crippen molar-refractivity contribution in [2.45, 2.75) is 13.5 Å². The number of rotatable bonds is 4. The number of carbonyl (C=O) groups excluding carboxylic acids is 1. The zero-order valence-electron chi connectivity index (χ0n) is 16.0. The number of nitrogens with zero attached hydrogens (tertiary/aromatic N) is 5. The van der Waals surface area contributed by atoms with Gasteiger partial charge in [0.05, 0.1) is 17.0 Å². The van der Waals surface area contributed by atoms with Crippen LogP contribution < -0.4 is 16.6 Å². The molecule has 0 unspecified atom stereocenters. The summed E-state index contributed by atoms with van der Waals surface area (Å²) in [5.41, 5.74) is 2.00. The summed E-state index contributed by atoms with van der Waals surface area (Å²) >= 11 is 1.58. The third kappa shape index (κ3) is 3.38. The lowest BCUT2D eigenvalue weighted by molar-refractivity contribution is -0.116. The van der Waals surface area contributed by atoms with E-state index in [9.17, 15) is 14.4 Å². The SMILES string of the molecule is Cc1nc(-c2ccc(NC(=O)Cn3cnc4c3c(=O)n(C)c(=O)n4C)cc2)cs1. The van der Waals surface area contributed by atoms with Gasteiger partial charge in [0.15, 0.2) is 11.2 Å². The Kier molecular flexibility index (Phi) is 4.63. The molecule has 4 rings (SSSR count). The summed E-state index contributed by atoms with van der Waals surface area (Å²) in [5.74, 6) is -0.308. The first-order valence-electron chi connectivity index (χ1n) is 8.78. The maximum absolute atomic E-state index is 12.5. The van der Waals surface area contributed by atoms with Gasteiger partial charge >= 0.3 is 5.69 Å². The number of hydrogen-bond donors (Lipinski definition) is 1. The molecule has 3 aromatic heterocycles. The number of amides is 1. The van der Waals surface area contributed by atoms with Crippen LogP contribution in [0.25, 0.3) is 22.4 Å². The van der Waals surface area contributed by atoms with Crippen LogP contribution in [0.5, 0.6) is 0 Å². The summed E-state index contributed by atoms with van der Waals surface area (Å²) in [4.78, 5) is 45.5. The van der Waals surface area contributed by atoms with Crippen molar-refractivity contribution in [1.82, 2.24) is 23.7 Å². The molecule has 9 nitrogen and oxygen atoms in total. The molecule has 29 heavy (non-hydrogen) atoms. The number of carbonyl (C=O) groups is 1. The van der Waals surface area contributed by atoms with Crippen LogP contribution in [0.2, 0.25) is 0 Å². The average Bonchev–Trinajstić information content (AvgIpc) is 3.32. The highest BCUT2D eigenvalue weighted by Gasteiger charge is 2.16. The maximum Gasteiger partial charge on any atom is 0.332 e. The van der Waals surface area contributed by atoms with Crippen LogP contribution in [0.4, 0.5) is 5.69 Å².